The summed E-state index contributed by atoms with van der Waals surface area (Å²) in [5.41, 5.74) is 1.98. The van der Waals surface area contributed by atoms with Crippen molar-refractivity contribution in [2.24, 2.45) is 0 Å². The fourth-order valence-corrected chi connectivity index (χ4v) is 2.91. The van der Waals surface area contributed by atoms with Crippen LogP contribution in [0.1, 0.15) is 36.5 Å². The fraction of sp³-hybridized carbons (Fsp3) is 0.308. The van der Waals surface area contributed by atoms with Gasteiger partial charge in [0.15, 0.2) is 23.1 Å². The van der Waals surface area contributed by atoms with E-state index in [1.807, 2.05) is 13.0 Å². The average Bonchev–Trinajstić information content (AvgIpc) is 2.83. The highest BCUT2D eigenvalue weighted by Crippen LogP contribution is 2.28. The summed E-state index contributed by atoms with van der Waals surface area (Å²) in [5, 5.41) is 18.3. The number of benzene rings is 2. The van der Waals surface area contributed by atoms with E-state index < -0.39 is 0 Å². The Morgan fingerprint density at radius 2 is 1.45 bits per heavy atom. The monoisotopic (exact) mass is 454 g/mol. The topological polar surface area (TPSA) is 102 Å². The van der Waals surface area contributed by atoms with E-state index in [2.05, 4.69) is 0 Å². The van der Waals surface area contributed by atoms with Gasteiger partial charge in [-0.1, -0.05) is 31.2 Å². The molecule has 2 aromatic carbocycles. The lowest BCUT2D eigenvalue weighted by molar-refractivity contribution is -0.121. The molecule has 0 radical (unpaired) electrons. The molecule has 0 amide bonds. The molecular formula is C26H30O7. The zero-order valence-corrected chi connectivity index (χ0v) is 19.0. The molecule has 0 fully saturated rings. The summed E-state index contributed by atoms with van der Waals surface area (Å²) < 4.78 is 16.3. The molecule has 0 spiro atoms. The van der Waals surface area contributed by atoms with E-state index in [1.165, 1.54) is 12.2 Å². The first kappa shape index (κ1) is 25.8. The van der Waals surface area contributed by atoms with E-state index >= 15 is 0 Å². The second kappa shape index (κ2) is 13.9. The minimum atomic E-state index is -0.336. The minimum absolute atomic E-state index is 0.125. The average molecular weight is 455 g/mol. The Kier molecular flexibility index (Phi) is 10.9. The predicted molar refractivity (Wildman–Crippen MR) is 126 cm³/mol. The van der Waals surface area contributed by atoms with Gasteiger partial charge in [0.05, 0.1) is 33.4 Å². The second-order valence-corrected chi connectivity index (χ2v) is 7.13. The molecule has 0 aromatic heterocycles. The van der Waals surface area contributed by atoms with Gasteiger partial charge in [-0.25, -0.2) is 0 Å². The van der Waals surface area contributed by atoms with Crippen molar-refractivity contribution in [1.29, 1.82) is 0 Å². The Labute approximate surface area is 193 Å². The number of allylic oxidation sites excluding steroid dienone is 2. The van der Waals surface area contributed by atoms with Gasteiger partial charge >= 0.3 is 0 Å². The normalized spacial score (nSPS) is 11.2. The number of methoxy groups -OCH3 is 1. The van der Waals surface area contributed by atoms with E-state index in [9.17, 15) is 14.7 Å². The molecule has 0 aliphatic heterocycles. The van der Waals surface area contributed by atoms with Crippen LogP contribution >= 0.6 is 0 Å². The summed E-state index contributed by atoms with van der Waals surface area (Å²) in [7, 11) is 1.55. The van der Waals surface area contributed by atoms with Crippen LogP contribution in [-0.2, 0) is 16.2 Å². The Balaban J connectivity index is 1.95. The van der Waals surface area contributed by atoms with Crippen LogP contribution in [-0.4, -0.2) is 48.7 Å². The van der Waals surface area contributed by atoms with Gasteiger partial charge in [0.25, 0.3) is 0 Å². The highest BCUT2D eigenvalue weighted by molar-refractivity contribution is 6.10. The molecule has 0 aliphatic carbocycles. The third kappa shape index (κ3) is 8.56. The maximum absolute atomic E-state index is 12.2. The van der Waals surface area contributed by atoms with E-state index in [0.717, 1.165) is 12.0 Å². The predicted octanol–water partition coefficient (Wildman–Crippen LogP) is 3.60. The van der Waals surface area contributed by atoms with Gasteiger partial charge in [-0.05, 0) is 54.0 Å². The fourth-order valence-electron chi connectivity index (χ4n) is 2.91. The van der Waals surface area contributed by atoms with Crippen molar-refractivity contribution in [3.8, 4) is 17.2 Å². The van der Waals surface area contributed by atoms with Crippen LogP contribution in [0.25, 0.3) is 12.2 Å². The standard InChI is InChI=1S/C26H30O7/c1-3-13-32-25-11-7-20(16-26(25)31-2)5-9-23(30)17-22(29)8-4-19-6-10-24(33-14-12-27)21(15-19)18-28/h4-11,15-16,27-28H,3,12-14,17-18H2,1-2H3/b8-4+,9-5+. The van der Waals surface area contributed by atoms with Gasteiger partial charge in [-0.2, -0.15) is 0 Å². The van der Waals surface area contributed by atoms with Crippen molar-refractivity contribution in [2.75, 3.05) is 26.9 Å². The quantitative estimate of drug-likeness (QED) is 0.332. The number of ketones is 2. The Bertz CT molecular complexity index is 913. The molecular weight excluding hydrogens is 424 g/mol. The SMILES string of the molecule is CCCOc1ccc(/C=C/C(=O)CC(=O)/C=C/c2ccc(OCCO)c(CO)c2)cc1OC. The van der Waals surface area contributed by atoms with Gasteiger partial charge in [0, 0.05) is 5.56 Å². The number of ether oxygens (including phenoxy) is 3. The van der Waals surface area contributed by atoms with Crippen molar-refractivity contribution in [2.45, 2.75) is 26.4 Å². The first-order valence-corrected chi connectivity index (χ1v) is 10.7. The van der Waals surface area contributed by atoms with Crippen molar-refractivity contribution in [3.05, 3.63) is 65.2 Å². The number of carbonyl (C=O) groups is 2. The molecule has 0 aliphatic rings. The number of hydrogen-bond acceptors (Lipinski definition) is 7. The maximum atomic E-state index is 12.2. The lowest BCUT2D eigenvalue weighted by Gasteiger charge is -2.10. The van der Waals surface area contributed by atoms with Crippen LogP contribution in [0, 0.1) is 0 Å². The Hall–Kier alpha value is -3.42. The smallest absolute Gasteiger partial charge is 0.163 e. The molecule has 176 valence electrons. The summed E-state index contributed by atoms with van der Waals surface area (Å²) in [5.74, 6) is 1.03. The minimum Gasteiger partial charge on any atom is -0.493 e. The molecule has 7 nitrogen and oxygen atoms in total. The van der Waals surface area contributed by atoms with Gasteiger partial charge in [0.1, 0.15) is 12.4 Å². The van der Waals surface area contributed by atoms with E-state index in [0.29, 0.717) is 35.0 Å². The lowest BCUT2D eigenvalue weighted by Crippen LogP contribution is -2.04. The zero-order valence-electron chi connectivity index (χ0n) is 19.0. The first-order valence-electron chi connectivity index (χ1n) is 10.7. The first-order chi connectivity index (χ1) is 16.0. The van der Waals surface area contributed by atoms with Crippen molar-refractivity contribution in [1.82, 2.24) is 0 Å². The zero-order chi connectivity index (χ0) is 24.1. The number of hydrogen-bond donors (Lipinski definition) is 2. The van der Waals surface area contributed by atoms with Gasteiger partial charge < -0.3 is 24.4 Å². The second-order valence-electron chi connectivity index (χ2n) is 7.13. The lowest BCUT2D eigenvalue weighted by atomic mass is 10.1. The molecule has 0 saturated heterocycles. The molecule has 7 heteroatoms. The van der Waals surface area contributed by atoms with Gasteiger partial charge in [-0.3, -0.25) is 9.59 Å². The molecule has 33 heavy (non-hydrogen) atoms. The Morgan fingerprint density at radius 3 is 2.03 bits per heavy atom. The van der Waals surface area contributed by atoms with Gasteiger partial charge in [0.2, 0.25) is 0 Å². The molecule has 2 aromatic rings. The third-order valence-electron chi connectivity index (χ3n) is 4.52. The number of aliphatic hydroxyl groups is 2. The molecule has 0 saturated carbocycles. The molecule has 0 unspecified atom stereocenters. The molecule has 0 bridgehead atoms. The van der Waals surface area contributed by atoms with Crippen LogP contribution in [0.15, 0.2) is 48.6 Å². The highest BCUT2D eigenvalue weighted by Gasteiger charge is 2.07. The molecule has 2 rings (SSSR count). The van der Waals surface area contributed by atoms with Crippen LogP contribution in [0.3, 0.4) is 0 Å². The Morgan fingerprint density at radius 1 is 0.848 bits per heavy atom. The largest absolute Gasteiger partial charge is 0.493 e. The van der Waals surface area contributed by atoms with Crippen molar-refractivity contribution in [3.63, 3.8) is 0 Å². The third-order valence-corrected chi connectivity index (χ3v) is 4.52. The summed E-state index contributed by atoms with van der Waals surface area (Å²) in [6.45, 7) is 2.36. The summed E-state index contributed by atoms with van der Waals surface area (Å²) in [6.07, 6.45) is 6.53. The van der Waals surface area contributed by atoms with Crippen LogP contribution < -0.4 is 14.2 Å². The molecule has 0 atom stereocenters. The van der Waals surface area contributed by atoms with Gasteiger partial charge in [-0.15, -0.1) is 0 Å². The summed E-state index contributed by atoms with van der Waals surface area (Å²) in [6, 6.07) is 10.4. The van der Waals surface area contributed by atoms with E-state index in [1.54, 1.807) is 49.6 Å². The van der Waals surface area contributed by atoms with Crippen molar-refractivity contribution >= 4 is 23.7 Å². The van der Waals surface area contributed by atoms with E-state index in [4.69, 9.17) is 19.3 Å². The number of rotatable bonds is 14. The maximum Gasteiger partial charge on any atom is 0.163 e. The van der Waals surface area contributed by atoms with Crippen molar-refractivity contribution < 1.29 is 34.0 Å². The molecule has 2 N–H and O–H groups in total. The summed E-state index contributed by atoms with van der Waals surface area (Å²) >= 11 is 0. The number of aliphatic hydroxyl groups excluding tert-OH is 2. The van der Waals surface area contributed by atoms with Crippen LogP contribution in [0.5, 0.6) is 17.2 Å². The van der Waals surface area contributed by atoms with Crippen LogP contribution in [0.2, 0.25) is 0 Å². The summed E-state index contributed by atoms with van der Waals surface area (Å²) in [4.78, 5) is 24.3. The molecule has 0 heterocycles. The highest BCUT2D eigenvalue weighted by atomic mass is 16.5. The number of carbonyl (C=O) groups excluding carboxylic acids is 2. The van der Waals surface area contributed by atoms with Crippen LogP contribution in [0.4, 0.5) is 0 Å². The van der Waals surface area contributed by atoms with E-state index in [-0.39, 0.29) is 37.8 Å².